The highest BCUT2D eigenvalue weighted by molar-refractivity contribution is 5.56. The molecule has 0 aromatic heterocycles. The predicted octanol–water partition coefficient (Wildman–Crippen LogP) is 0.833. The number of hydrogen-bond donors (Lipinski definition) is 2. The van der Waals surface area contributed by atoms with Crippen molar-refractivity contribution in [3.63, 3.8) is 0 Å². The smallest absolute Gasteiger partial charge is 0.141 e. The van der Waals surface area contributed by atoms with Crippen LogP contribution in [-0.4, -0.2) is 26.2 Å². The summed E-state index contributed by atoms with van der Waals surface area (Å²) in [7, 11) is 1.71. The van der Waals surface area contributed by atoms with Crippen LogP contribution in [0.1, 0.15) is 12.8 Å². The minimum atomic E-state index is 0.731. The van der Waals surface area contributed by atoms with E-state index in [1.807, 2.05) is 18.2 Å². The Hall–Kier alpha value is -1.22. The van der Waals surface area contributed by atoms with Crippen molar-refractivity contribution in [2.75, 3.05) is 25.5 Å². The average molecular weight is 207 g/mol. The summed E-state index contributed by atoms with van der Waals surface area (Å²) >= 11 is 0. The van der Waals surface area contributed by atoms with Gasteiger partial charge >= 0.3 is 0 Å². The third kappa shape index (κ3) is 2.63. The molecular formula is C12H19N2O+. The topological polar surface area (TPSA) is 37.9 Å². The number of hydrogen-bond acceptors (Lipinski definition) is 2. The number of anilines is 1. The molecule has 1 aromatic carbocycles. The van der Waals surface area contributed by atoms with E-state index in [4.69, 9.17) is 4.74 Å². The Morgan fingerprint density at radius 3 is 3.07 bits per heavy atom. The van der Waals surface area contributed by atoms with Crippen molar-refractivity contribution >= 4 is 5.69 Å². The number of para-hydroxylation sites is 2. The van der Waals surface area contributed by atoms with Gasteiger partial charge in [-0.2, -0.15) is 0 Å². The van der Waals surface area contributed by atoms with Crippen molar-refractivity contribution in [2.24, 2.45) is 0 Å². The van der Waals surface area contributed by atoms with Crippen molar-refractivity contribution in [2.45, 2.75) is 18.9 Å². The lowest BCUT2D eigenvalue weighted by Crippen LogP contribution is -2.87. The molecule has 3 heteroatoms. The van der Waals surface area contributed by atoms with Crippen molar-refractivity contribution in [1.82, 2.24) is 0 Å². The maximum atomic E-state index is 5.29. The molecule has 82 valence electrons. The third-order valence-electron chi connectivity index (χ3n) is 2.94. The van der Waals surface area contributed by atoms with Crippen molar-refractivity contribution in [3.8, 4) is 5.75 Å². The SMILES string of the molecule is COc1ccccc1NC[C@H]1CCC[NH2+]1. The van der Waals surface area contributed by atoms with Gasteiger partial charge in [-0.25, -0.2) is 0 Å². The molecule has 0 spiro atoms. The molecule has 1 heterocycles. The van der Waals surface area contributed by atoms with E-state index < -0.39 is 0 Å². The molecule has 2 rings (SSSR count). The van der Waals surface area contributed by atoms with Crippen LogP contribution in [0.4, 0.5) is 5.69 Å². The minimum Gasteiger partial charge on any atom is -0.495 e. The van der Waals surface area contributed by atoms with Crippen LogP contribution in [-0.2, 0) is 0 Å². The van der Waals surface area contributed by atoms with Gasteiger partial charge in [-0.3, -0.25) is 0 Å². The quantitative estimate of drug-likeness (QED) is 0.767. The molecule has 1 saturated heterocycles. The van der Waals surface area contributed by atoms with E-state index in [9.17, 15) is 0 Å². The van der Waals surface area contributed by atoms with Crippen LogP contribution in [0.3, 0.4) is 0 Å². The predicted molar refractivity (Wildman–Crippen MR) is 61.3 cm³/mol. The van der Waals surface area contributed by atoms with Gasteiger partial charge in [0.15, 0.2) is 0 Å². The van der Waals surface area contributed by atoms with E-state index in [0.717, 1.165) is 24.0 Å². The first kappa shape index (κ1) is 10.3. The number of nitrogens with two attached hydrogens (primary N) is 1. The normalized spacial score (nSPS) is 20.2. The summed E-state index contributed by atoms with van der Waals surface area (Å²) in [5.41, 5.74) is 1.10. The summed E-state index contributed by atoms with van der Waals surface area (Å²) in [6.07, 6.45) is 2.67. The van der Waals surface area contributed by atoms with E-state index in [1.165, 1.54) is 19.4 Å². The number of nitrogens with one attached hydrogen (secondary N) is 1. The lowest BCUT2D eigenvalue weighted by atomic mass is 10.2. The fraction of sp³-hybridized carbons (Fsp3) is 0.500. The van der Waals surface area contributed by atoms with E-state index >= 15 is 0 Å². The number of benzene rings is 1. The van der Waals surface area contributed by atoms with Crippen LogP contribution >= 0.6 is 0 Å². The fourth-order valence-electron chi connectivity index (χ4n) is 2.07. The Bertz CT molecular complexity index is 308. The van der Waals surface area contributed by atoms with Crippen LogP contribution in [0.2, 0.25) is 0 Å². The molecule has 3 nitrogen and oxygen atoms in total. The lowest BCUT2D eigenvalue weighted by Gasteiger charge is -2.12. The van der Waals surface area contributed by atoms with Crippen LogP contribution in [0.15, 0.2) is 24.3 Å². The maximum Gasteiger partial charge on any atom is 0.141 e. The fourth-order valence-corrected chi connectivity index (χ4v) is 2.07. The Balaban J connectivity index is 1.91. The molecule has 0 amide bonds. The summed E-state index contributed by atoms with van der Waals surface area (Å²) in [4.78, 5) is 0. The van der Waals surface area contributed by atoms with Gasteiger partial charge in [0.2, 0.25) is 0 Å². The van der Waals surface area contributed by atoms with Crippen LogP contribution in [0.25, 0.3) is 0 Å². The number of methoxy groups -OCH3 is 1. The zero-order valence-electron chi connectivity index (χ0n) is 9.20. The third-order valence-corrected chi connectivity index (χ3v) is 2.94. The molecule has 3 N–H and O–H groups in total. The van der Waals surface area contributed by atoms with E-state index in [0.29, 0.717) is 0 Å². The van der Waals surface area contributed by atoms with E-state index in [2.05, 4.69) is 16.7 Å². The summed E-state index contributed by atoms with van der Waals surface area (Å²) in [5.74, 6) is 0.926. The van der Waals surface area contributed by atoms with E-state index in [-0.39, 0.29) is 0 Å². The van der Waals surface area contributed by atoms with Crippen LogP contribution in [0, 0.1) is 0 Å². The second-order valence-electron chi connectivity index (χ2n) is 4.01. The monoisotopic (exact) mass is 207 g/mol. The van der Waals surface area contributed by atoms with Crippen molar-refractivity contribution in [1.29, 1.82) is 0 Å². The Labute approximate surface area is 90.8 Å². The molecule has 0 aliphatic carbocycles. The van der Waals surface area contributed by atoms with Crippen LogP contribution in [0.5, 0.6) is 5.75 Å². The summed E-state index contributed by atoms with van der Waals surface area (Å²) in [6.45, 7) is 2.30. The highest BCUT2D eigenvalue weighted by atomic mass is 16.5. The molecule has 1 fully saturated rings. The van der Waals surface area contributed by atoms with Gasteiger partial charge in [-0.1, -0.05) is 12.1 Å². The van der Waals surface area contributed by atoms with Crippen molar-refractivity contribution in [3.05, 3.63) is 24.3 Å². The van der Waals surface area contributed by atoms with Gasteiger partial charge in [0.25, 0.3) is 0 Å². The molecule has 0 radical (unpaired) electrons. The Morgan fingerprint density at radius 1 is 1.47 bits per heavy atom. The molecular weight excluding hydrogens is 188 g/mol. The zero-order valence-corrected chi connectivity index (χ0v) is 9.20. The number of ether oxygens (including phenoxy) is 1. The highest BCUT2D eigenvalue weighted by Gasteiger charge is 2.17. The van der Waals surface area contributed by atoms with Gasteiger partial charge in [-0.15, -0.1) is 0 Å². The molecule has 1 atom stereocenters. The summed E-state index contributed by atoms with van der Waals surface area (Å²) in [5, 5.41) is 5.87. The first-order valence-corrected chi connectivity index (χ1v) is 5.60. The average Bonchev–Trinajstić information content (AvgIpc) is 2.79. The molecule has 0 saturated carbocycles. The zero-order chi connectivity index (χ0) is 10.5. The Morgan fingerprint density at radius 2 is 2.33 bits per heavy atom. The maximum absolute atomic E-state index is 5.29. The van der Waals surface area contributed by atoms with Crippen molar-refractivity contribution < 1.29 is 10.1 Å². The van der Waals surface area contributed by atoms with Gasteiger partial charge < -0.3 is 15.4 Å². The molecule has 0 unspecified atom stereocenters. The second-order valence-corrected chi connectivity index (χ2v) is 4.01. The van der Waals surface area contributed by atoms with Gasteiger partial charge in [0.05, 0.1) is 25.9 Å². The van der Waals surface area contributed by atoms with Gasteiger partial charge in [0.1, 0.15) is 11.8 Å². The van der Waals surface area contributed by atoms with E-state index in [1.54, 1.807) is 7.11 Å². The molecule has 1 aliphatic heterocycles. The molecule has 1 aromatic rings. The first-order valence-electron chi connectivity index (χ1n) is 5.60. The highest BCUT2D eigenvalue weighted by Crippen LogP contribution is 2.22. The first-order chi connectivity index (χ1) is 7.40. The number of quaternary nitrogens is 1. The van der Waals surface area contributed by atoms with Gasteiger partial charge in [0, 0.05) is 12.8 Å². The lowest BCUT2D eigenvalue weighted by molar-refractivity contribution is -0.666. The van der Waals surface area contributed by atoms with Crippen LogP contribution < -0.4 is 15.4 Å². The molecule has 15 heavy (non-hydrogen) atoms. The molecule has 0 bridgehead atoms. The molecule has 1 aliphatic rings. The summed E-state index contributed by atoms with van der Waals surface area (Å²) < 4.78 is 5.29. The largest absolute Gasteiger partial charge is 0.495 e. The standard InChI is InChI=1S/C12H18N2O/c1-15-12-7-3-2-6-11(12)14-9-10-5-4-8-13-10/h2-3,6-7,10,13-14H,4-5,8-9H2,1H3/p+1/t10-/m1/s1. The Kier molecular flexibility index (Phi) is 3.45. The van der Waals surface area contributed by atoms with Gasteiger partial charge in [-0.05, 0) is 12.1 Å². The second kappa shape index (κ2) is 5.03. The number of rotatable bonds is 4. The minimum absolute atomic E-state index is 0.731. The summed E-state index contributed by atoms with van der Waals surface area (Å²) in [6, 6.07) is 8.80.